The first-order valence-corrected chi connectivity index (χ1v) is 8.19. The second-order valence-electron chi connectivity index (χ2n) is 5.91. The van der Waals surface area contributed by atoms with E-state index in [0.29, 0.717) is 17.1 Å². The van der Waals surface area contributed by atoms with E-state index in [-0.39, 0.29) is 5.69 Å². The van der Waals surface area contributed by atoms with Crippen LogP contribution in [-0.4, -0.2) is 33.2 Å². The van der Waals surface area contributed by atoms with Crippen LogP contribution in [0.3, 0.4) is 0 Å². The van der Waals surface area contributed by atoms with Gasteiger partial charge in [-0.3, -0.25) is 4.79 Å². The Morgan fingerprint density at radius 2 is 1.68 bits per heavy atom. The third-order valence-corrected chi connectivity index (χ3v) is 4.28. The highest BCUT2D eigenvalue weighted by atomic mass is 19.1. The molecule has 0 aliphatic carbocycles. The van der Waals surface area contributed by atoms with E-state index in [4.69, 9.17) is 9.47 Å². The zero-order chi connectivity index (χ0) is 17.8. The Balaban J connectivity index is 1.84. The van der Waals surface area contributed by atoms with E-state index in [1.54, 1.807) is 30.3 Å². The maximum atomic E-state index is 14.1. The summed E-state index contributed by atoms with van der Waals surface area (Å²) in [6, 6.07) is 9.64. The summed E-state index contributed by atoms with van der Waals surface area (Å²) < 4.78 is 24.5. The predicted molar refractivity (Wildman–Crippen MR) is 95.3 cm³/mol. The Kier molecular flexibility index (Phi) is 5.07. The van der Waals surface area contributed by atoms with Gasteiger partial charge >= 0.3 is 0 Å². The van der Waals surface area contributed by atoms with Crippen molar-refractivity contribution in [3.8, 4) is 11.5 Å². The van der Waals surface area contributed by atoms with Crippen molar-refractivity contribution in [1.82, 2.24) is 0 Å². The second kappa shape index (κ2) is 7.42. The number of carbonyl (C=O) groups is 1. The normalized spacial score (nSPS) is 13.6. The molecule has 0 atom stereocenters. The summed E-state index contributed by atoms with van der Waals surface area (Å²) in [5, 5.41) is 2.64. The molecule has 2 aromatic carbocycles. The fraction of sp³-hybridized carbons (Fsp3) is 0.316. The molecule has 3 rings (SSSR count). The molecule has 0 aromatic heterocycles. The fourth-order valence-corrected chi connectivity index (χ4v) is 2.91. The van der Waals surface area contributed by atoms with Crippen LogP contribution in [0.4, 0.5) is 15.8 Å². The number of anilines is 2. The molecule has 0 spiro atoms. The van der Waals surface area contributed by atoms with Crippen LogP contribution in [-0.2, 0) is 0 Å². The first-order chi connectivity index (χ1) is 12.1. The molecule has 0 unspecified atom stereocenters. The first kappa shape index (κ1) is 17.1. The van der Waals surface area contributed by atoms with Gasteiger partial charge in [0.1, 0.15) is 17.3 Å². The molecule has 0 saturated carbocycles. The molecule has 1 saturated heterocycles. The van der Waals surface area contributed by atoms with E-state index >= 15 is 0 Å². The van der Waals surface area contributed by atoms with Crippen molar-refractivity contribution in [1.29, 1.82) is 0 Å². The summed E-state index contributed by atoms with van der Waals surface area (Å²) in [7, 11) is 3.02. The molecule has 0 bridgehead atoms. The lowest BCUT2D eigenvalue weighted by atomic mass is 10.1. The molecule has 1 aliphatic heterocycles. The number of carbonyl (C=O) groups excluding carboxylic acids is 1. The van der Waals surface area contributed by atoms with Gasteiger partial charge in [-0.2, -0.15) is 0 Å². The minimum atomic E-state index is -0.467. The monoisotopic (exact) mass is 344 g/mol. The summed E-state index contributed by atoms with van der Waals surface area (Å²) in [6.45, 7) is 1.90. The summed E-state index contributed by atoms with van der Waals surface area (Å²) in [5.41, 5.74) is 1.41. The number of rotatable bonds is 5. The number of hydrogen-bond acceptors (Lipinski definition) is 4. The topological polar surface area (TPSA) is 50.8 Å². The number of nitrogens with one attached hydrogen (secondary N) is 1. The van der Waals surface area contributed by atoms with Crippen LogP contribution in [0.2, 0.25) is 0 Å². The fourth-order valence-electron chi connectivity index (χ4n) is 2.91. The van der Waals surface area contributed by atoms with Crippen LogP contribution in [0.15, 0.2) is 36.4 Å². The maximum Gasteiger partial charge on any atom is 0.256 e. The van der Waals surface area contributed by atoms with Gasteiger partial charge in [0.05, 0.1) is 19.9 Å². The van der Waals surface area contributed by atoms with Crippen molar-refractivity contribution >= 4 is 17.3 Å². The Labute approximate surface area is 146 Å². The number of ether oxygens (including phenoxy) is 2. The van der Waals surface area contributed by atoms with Crippen molar-refractivity contribution in [2.24, 2.45) is 0 Å². The van der Waals surface area contributed by atoms with Gasteiger partial charge in [-0.05, 0) is 43.2 Å². The number of halogens is 1. The molecule has 1 heterocycles. The van der Waals surface area contributed by atoms with E-state index in [1.807, 2.05) is 0 Å². The summed E-state index contributed by atoms with van der Waals surface area (Å²) >= 11 is 0. The SMILES string of the molecule is COc1cc(OC)cc(C(=O)Nc2cc(N3CCCC3)ccc2F)c1. The molecule has 1 amide bonds. The number of nitrogens with zero attached hydrogens (tertiary/aromatic N) is 1. The summed E-state index contributed by atoms with van der Waals surface area (Å²) in [4.78, 5) is 14.7. The number of amides is 1. The Hall–Kier alpha value is -2.76. The van der Waals surface area contributed by atoms with Crippen LogP contribution in [0.25, 0.3) is 0 Å². The number of methoxy groups -OCH3 is 2. The van der Waals surface area contributed by atoms with Crippen molar-refractivity contribution in [2.75, 3.05) is 37.5 Å². The molecule has 2 aromatic rings. The zero-order valence-electron chi connectivity index (χ0n) is 14.3. The maximum absolute atomic E-state index is 14.1. The Bertz CT molecular complexity index is 751. The van der Waals surface area contributed by atoms with E-state index in [9.17, 15) is 9.18 Å². The van der Waals surface area contributed by atoms with Gasteiger partial charge in [0.15, 0.2) is 0 Å². The van der Waals surface area contributed by atoms with Gasteiger partial charge < -0.3 is 19.7 Å². The average molecular weight is 344 g/mol. The van der Waals surface area contributed by atoms with Gasteiger partial charge in [-0.1, -0.05) is 0 Å². The van der Waals surface area contributed by atoms with Crippen LogP contribution < -0.4 is 19.7 Å². The highest BCUT2D eigenvalue weighted by Gasteiger charge is 2.16. The molecular formula is C19H21FN2O3. The Morgan fingerprint density at radius 3 is 2.28 bits per heavy atom. The molecule has 1 N–H and O–H groups in total. The van der Waals surface area contributed by atoms with Crippen LogP contribution in [0, 0.1) is 5.82 Å². The predicted octanol–water partition coefficient (Wildman–Crippen LogP) is 3.70. The van der Waals surface area contributed by atoms with Gasteiger partial charge in [0.25, 0.3) is 5.91 Å². The van der Waals surface area contributed by atoms with Crippen molar-refractivity contribution in [3.63, 3.8) is 0 Å². The Morgan fingerprint density at radius 1 is 1.04 bits per heavy atom. The third kappa shape index (κ3) is 3.84. The molecule has 5 nitrogen and oxygen atoms in total. The van der Waals surface area contributed by atoms with Gasteiger partial charge in [0.2, 0.25) is 0 Å². The van der Waals surface area contributed by atoms with E-state index in [0.717, 1.165) is 31.6 Å². The second-order valence-corrected chi connectivity index (χ2v) is 5.91. The van der Waals surface area contributed by atoms with Crippen molar-refractivity contribution < 1.29 is 18.7 Å². The molecule has 6 heteroatoms. The van der Waals surface area contributed by atoms with Crippen LogP contribution in [0.1, 0.15) is 23.2 Å². The minimum Gasteiger partial charge on any atom is -0.497 e. The summed E-state index contributed by atoms with van der Waals surface area (Å²) in [5.74, 6) is 0.104. The van der Waals surface area contributed by atoms with Gasteiger partial charge in [-0.25, -0.2) is 4.39 Å². The standard InChI is InChI=1S/C19H21FN2O3/c1-24-15-9-13(10-16(12-15)25-2)19(23)21-18-11-14(5-6-17(18)20)22-7-3-4-8-22/h5-6,9-12H,3-4,7-8H2,1-2H3,(H,21,23). The van der Waals surface area contributed by atoms with E-state index in [1.165, 1.54) is 20.3 Å². The molecule has 0 radical (unpaired) electrons. The van der Waals surface area contributed by atoms with Crippen LogP contribution >= 0.6 is 0 Å². The largest absolute Gasteiger partial charge is 0.497 e. The lowest BCUT2D eigenvalue weighted by Crippen LogP contribution is -2.19. The summed E-state index contributed by atoms with van der Waals surface area (Å²) in [6.07, 6.45) is 2.26. The molecule has 132 valence electrons. The first-order valence-electron chi connectivity index (χ1n) is 8.19. The average Bonchev–Trinajstić information content (AvgIpc) is 3.17. The molecule has 25 heavy (non-hydrogen) atoms. The number of benzene rings is 2. The van der Waals surface area contributed by atoms with E-state index in [2.05, 4.69) is 10.2 Å². The minimum absolute atomic E-state index is 0.163. The van der Waals surface area contributed by atoms with Crippen molar-refractivity contribution in [2.45, 2.75) is 12.8 Å². The molecule has 1 aliphatic rings. The van der Waals surface area contributed by atoms with Crippen molar-refractivity contribution in [3.05, 3.63) is 47.8 Å². The van der Waals surface area contributed by atoms with Gasteiger partial charge in [0, 0.05) is 30.4 Å². The highest BCUT2D eigenvalue weighted by Crippen LogP contribution is 2.27. The smallest absolute Gasteiger partial charge is 0.256 e. The third-order valence-electron chi connectivity index (χ3n) is 4.28. The lowest BCUT2D eigenvalue weighted by Gasteiger charge is -2.19. The molecular weight excluding hydrogens is 323 g/mol. The quantitative estimate of drug-likeness (QED) is 0.899. The highest BCUT2D eigenvalue weighted by molar-refractivity contribution is 6.05. The number of hydrogen-bond donors (Lipinski definition) is 1. The van der Waals surface area contributed by atoms with Gasteiger partial charge in [-0.15, -0.1) is 0 Å². The lowest BCUT2D eigenvalue weighted by molar-refractivity contribution is 0.102. The zero-order valence-corrected chi connectivity index (χ0v) is 14.3. The molecule has 1 fully saturated rings. The van der Waals surface area contributed by atoms with Crippen LogP contribution in [0.5, 0.6) is 11.5 Å². The van der Waals surface area contributed by atoms with E-state index < -0.39 is 11.7 Å².